The fourth-order valence-corrected chi connectivity index (χ4v) is 2.20. The lowest BCUT2D eigenvalue weighted by atomic mass is 10.2. The van der Waals surface area contributed by atoms with Crippen LogP contribution >= 0.6 is 0 Å². The Kier molecular flexibility index (Phi) is 4.33. The molecule has 0 spiro atoms. The first-order valence-electron chi connectivity index (χ1n) is 6.03. The molecule has 4 heteroatoms. The topological polar surface area (TPSA) is 34.2 Å². The van der Waals surface area contributed by atoms with Crippen molar-refractivity contribution in [1.82, 2.24) is 4.98 Å². The molecule has 1 rings (SSSR count). The first-order chi connectivity index (χ1) is 7.78. The van der Waals surface area contributed by atoms with E-state index in [0.717, 1.165) is 11.4 Å². The van der Waals surface area contributed by atoms with Crippen molar-refractivity contribution in [3.8, 4) is 0 Å². The van der Waals surface area contributed by atoms with Crippen LogP contribution in [0.4, 0.5) is 5.82 Å². The Hall–Kier alpha value is -0.873. The van der Waals surface area contributed by atoms with Gasteiger partial charge < -0.3 is 9.74 Å². The third-order valence-electron chi connectivity index (χ3n) is 3.52. The van der Waals surface area contributed by atoms with Gasteiger partial charge in [-0.1, -0.05) is 26.8 Å². The number of hydrogen-bond donors (Lipinski definition) is 1. The van der Waals surface area contributed by atoms with Crippen LogP contribution in [0.2, 0.25) is 18.1 Å². The highest BCUT2D eigenvalue weighted by Crippen LogP contribution is 2.37. The SMILES string of the molecule is CNc1ncccc1CO[Si](C)(C)C(C)(C)C. The number of nitrogens with one attached hydrogen (secondary N) is 1. The molecule has 0 radical (unpaired) electrons. The molecule has 0 aromatic carbocycles. The number of rotatable bonds is 4. The molecular weight excluding hydrogens is 228 g/mol. The van der Waals surface area contributed by atoms with E-state index < -0.39 is 8.32 Å². The Bertz CT molecular complexity index is 372. The van der Waals surface area contributed by atoms with Crippen LogP contribution in [-0.2, 0) is 11.0 Å². The summed E-state index contributed by atoms with van der Waals surface area (Å²) in [5, 5.41) is 3.34. The van der Waals surface area contributed by atoms with Crippen LogP contribution in [0, 0.1) is 0 Å². The maximum absolute atomic E-state index is 6.18. The molecule has 0 fully saturated rings. The lowest BCUT2D eigenvalue weighted by Gasteiger charge is -2.36. The Labute approximate surface area is 106 Å². The van der Waals surface area contributed by atoms with E-state index in [-0.39, 0.29) is 5.04 Å². The van der Waals surface area contributed by atoms with Crippen LogP contribution in [0.25, 0.3) is 0 Å². The summed E-state index contributed by atoms with van der Waals surface area (Å²) in [5.74, 6) is 0.909. The van der Waals surface area contributed by atoms with E-state index >= 15 is 0 Å². The number of pyridine rings is 1. The van der Waals surface area contributed by atoms with Gasteiger partial charge in [0.05, 0.1) is 6.61 Å². The summed E-state index contributed by atoms with van der Waals surface area (Å²) in [7, 11) is 0.208. The van der Waals surface area contributed by atoms with Gasteiger partial charge in [-0.2, -0.15) is 0 Å². The van der Waals surface area contributed by atoms with Gasteiger partial charge in [-0.05, 0) is 24.2 Å². The van der Waals surface area contributed by atoms with Crippen LogP contribution in [-0.4, -0.2) is 20.3 Å². The Morgan fingerprint density at radius 2 is 2.00 bits per heavy atom. The first kappa shape index (κ1) is 14.2. The van der Waals surface area contributed by atoms with Gasteiger partial charge in [0.15, 0.2) is 8.32 Å². The van der Waals surface area contributed by atoms with E-state index in [1.807, 2.05) is 13.1 Å². The Morgan fingerprint density at radius 3 is 2.53 bits per heavy atom. The Morgan fingerprint density at radius 1 is 1.35 bits per heavy atom. The molecule has 0 unspecified atom stereocenters. The second-order valence-corrected chi connectivity index (χ2v) is 10.6. The summed E-state index contributed by atoms with van der Waals surface area (Å²) in [5.41, 5.74) is 1.12. The predicted molar refractivity (Wildman–Crippen MR) is 75.8 cm³/mol. The average Bonchev–Trinajstić information content (AvgIpc) is 2.25. The summed E-state index contributed by atoms with van der Waals surface area (Å²) in [6.07, 6.45) is 1.79. The second kappa shape index (κ2) is 5.19. The quantitative estimate of drug-likeness (QED) is 0.831. The molecule has 0 aliphatic carbocycles. The highest BCUT2D eigenvalue weighted by Gasteiger charge is 2.37. The maximum Gasteiger partial charge on any atom is 0.192 e. The molecule has 1 N–H and O–H groups in total. The van der Waals surface area contributed by atoms with Crippen molar-refractivity contribution in [2.75, 3.05) is 12.4 Å². The van der Waals surface area contributed by atoms with Crippen molar-refractivity contribution in [3.63, 3.8) is 0 Å². The first-order valence-corrected chi connectivity index (χ1v) is 8.94. The largest absolute Gasteiger partial charge is 0.412 e. The van der Waals surface area contributed by atoms with Crippen LogP contribution in [0.5, 0.6) is 0 Å². The molecule has 0 saturated heterocycles. The molecule has 0 aliphatic heterocycles. The molecule has 0 atom stereocenters. The van der Waals surface area contributed by atoms with Gasteiger partial charge in [0.25, 0.3) is 0 Å². The van der Waals surface area contributed by atoms with E-state index in [1.165, 1.54) is 0 Å². The van der Waals surface area contributed by atoms with Crippen LogP contribution in [0.3, 0.4) is 0 Å². The van der Waals surface area contributed by atoms with E-state index in [2.05, 4.69) is 50.2 Å². The molecule has 1 heterocycles. The van der Waals surface area contributed by atoms with Gasteiger partial charge in [-0.15, -0.1) is 0 Å². The minimum atomic E-state index is -1.68. The number of nitrogens with zero attached hydrogens (tertiary/aromatic N) is 1. The van der Waals surface area contributed by atoms with Crippen molar-refractivity contribution in [2.24, 2.45) is 0 Å². The zero-order valence-corrected chi connectivity index (χ0v) is 12.8. The molecule has 0 amide bonds. The smallest absolute Gasteiger partial charge is 0.192 e. The average molecular weight is 252 g/mol. The van der Waals surface area contributed by atoms with E-state index in [0.29, 0.717) is 6.61 Å². The molecule has 0 aliphatic rings. The van der Waals surface area contributed by atoms with Crippen molar-refractivity contribution >= 4 is 14.1 Å². The lowest BCUT2D eigenvalue weighted by Crippen LogP contribution is -2.40. The van der Waals surface area contributed by atoms with Crippen LogP contribution in [0.15, 0.2) is 18.3 Å². The van der Waals surface area contributed by atoms with Gasteiger partial charge in [0.2, 0.25) is 0 Å². The van der Waals surface area contributed by atoms with Gasteiger partial charge in [-0.3, -0.25) is 0 Å². The van der Waals surface area contributed by atoms with Gasteiger partial charge in [-0.25, -0.2) is 4.98 Å². The number of anilines is 1. The molecule has 96 valence electrons. The minimum absolute atomic E-state index is 0.245. The zero-order chi connectivity index (χ0) is 13.1. The standard InChI is InChI=1S/C13H24N2OSi/c1-13(2,3)17(5,6)16-10-11-8-7-9-15-12(11)14-4/h7-9H,10H2,1-6H3,(H,14,15). The van der Waals surface area contributed by atoms with Gasteiger partial charge in [0, 0.05) is 18.8 Å². The van der Waals surface area contributed by atoms with E-state index in [9.17, 15) is 0 Å². The van der Waals surface area contributed by atoms with Crippen LogP contribution in [0.1, 0.15) is 26.3 Å². The second-order valence-electron chi connectivity index (χ2n) is 5.81. The van der Waals surface area contributed by atoms with Crippen molar-refractivity contribution < 1.29 is 4.43 Å². The highest BCUT2D eigenvalue weighted by molar-refractivity contribution is 6.74. The minimum Gasteiger partial charge on any atom is -0.412 e. The van der Waals surface area contributed by atoms with Crippen molar-refractivity contribution in [1.29, 1.82) is 0 Å². The maximum atomic E-state index is 6.18. The molecule has 3 nitrogen and oxygen atoms in total. The molecule has 17 heavy (non-hydrogen) atoms. The number of aromatic nitrogens is 1. The zero-order valence-electron chi connectivity index (χ0n) is 11.8. The summed E-state index contributed by atoms with van der Waals surface area (Å²) >= 11 is 0. The fourth-order valence-electron chi connectivity index (χ4n) is 1.25. The van der Waals surface area contributed by atoms with E-state index in [1.54, 1.807) is 6.20 Å². The van der Waals surface area contributed by atoms with Gasteiger partial charge in [0.1, 0.15) is 5.82 Å². The van der Waals surface area contributed by atoms with Crippen molar-refractivity contribution in [3.05, 3.63) is 23.9 Å². The number of hydrogen-bond acceptors (Lipinski definition) is 3. The third-order valence-corrected chi connectivity index (χ3v) is 8.00. The highest BCUT2D eigenvalue weighted by atomic mass is 28.4. The van der Waals surface area contributed by atoms with Crippen molar-refractivity contribution in [2.45, 2.75) is 45.5 Å². The summed E-state index contributed by atoms with van der Waals surface area (Å²) in [6, 6.07) is 4.01. The van der Waals surface area contributed by atoms with E-state index in [4.69, 9.17) is 4.43 Å². The summed E-state index contributed by atoms with van der Waals surface area (Å²) in [4.78, 5) is 4.28. The molecule has 1 aromatic heterocycles. The molecule has 1 aromatic rings. The molecule has 0 bridgehead atoms. The van der Waals surface area contributed by atoms with Gasteiger partial charge >= 0.3 is 0 Å². The lowest BCUT2D eigenvalue weighted by molar-refractivity contribution is 0.276. The summed E-state index contributed by atoms with van der Waals surface area (Å²) < 4.78 is 6.18. The molecular formula is C13H24N2OSi. The Balaban J connectivity index is 2.74. The summed E-state index contributed by atoms with van der Waals surface area (Å²) in [6.45, 7) is 11.9. The van der Waals surface area contributed by atoms with Crippen LogP contribution < -0.4 is 5.32 Å². The third kappa shape index (κ3) is 3.54. The normalized spacial score (nSPS) is 12.6. The monoisotopic (exact) mass is 252 g/mol. The predicted octanol–water partition coefficient (Wildman–Crippen LogP) is 3.65. The molecule has 0 saturated carbocycles. The fraction of sp³-hybridized carbons (Fsp3) is 0.615.